The number of amides is 2. The van der Waals surface area contributed by atoms with Crippen LogP contribution in [0.2, 0.25) is 0 Å². The fourth-order valence-corrected chi connectivity index (χ4v) is 5.40. The lowest BCUT2D eigenvalue weighted by Gasteiger charge is -2.47. The van der Waals surface area contributed by atoms with Crippen molar-refractivity contribution in [2.75, 3.05) is 19.6 Å². The van der Waals surface area contributed by atoms with Crippen LogP contribution in [0.3, 0.4) is 0 Å². The van der Waals surface area contributed by atoms with E-state index in [1.807, 2.05) is 30.5 Å². The van der Waals surface area contributed by atoms with Gasteiger partial charge in [0.2, 0.25) is 11.8 Å². The highest BCUT2D eigenvalue weighted by Gasteiger charge is 2.46. The number of Topliss-reactive ketones (excluding diaryl/α,β-unsaturated/α-hetero) is 1. The molecule has 0 spiro atoms. The molecule has 3 aliphatic rings. The van der Waals surface area contributed by atoms with Crippen molar-refractivity contribution in [2.45, 2.75) is 70.6 Å². The number of ether oxygens (including phenoxy) is 1. The van der Waals surface area contributed by atoms with Crippen molar-refractivity contribution in [1.82, 2.24) is 20.5 Å². The zero-order valence-electron chi connectivity index (χ0n) is 22.0. The van der Waals surface area contributed by atoms with Gasteiger partial charge in [-0.2, -0.15) is 0 Å². The molecular weight excluding hydrogens is 486 g/mol. The van der Waals surface area contributed by atoms with E-state index in [4.69, 9.17) is 10.1 Å². The summed E-state index contributed by atoms with van der Waals surface area (Å²) in [4.78, 5) is 57.4. The average molecular weight is 524 g/mol. The van der Waals surface area contributed by atoms with Crippen LogP contribution in [-0.2, 0) is 30.3 Å². The maximum absolute atomic E-state index is 13.7. The van der Waals surface area contributed by atoms with Crippen molar-refractivity contribution < 1.29 is 23.9 Å². The smallest absolute Gasteiger partial charge is 0.328 e. The summed E-state index contributed by atoms with van der Waals surface area (Å²) in [7, 11) is 0. The van der Waals surface area contributed by atoms with Gasteiger partial charge in [-0.05, 0) is 70.8 Å². The fourth-order valence-electron chi connectivity index (χ4n) is 5.40. The third-order valence-corrected chi connectivity index (χ3v) is 7.72. The molecule has 10 nitrogen and oxygen atoms in total. The summed E-state index contributed by atoms with van der Waals surface area (Å²) in [5.41, 5.74) is 1.31. The zero-order valence-corrected chi connectivity index (χ0v) is 22.0. The van der Waals surface area contributed by atoms with E-state index in [-0.39, 0.29) is 25.2 Å². The van der Waals surface area contributed by atoms with Gasteiger partial charge in [-0.3, -0.25) is 14.4 Å². The highest BCUT2D eigenvalue weighted by Crippen LogP contribution is 2.40. The summed E-state index contributed by atoms with van der Waals surface area (Å²) in [5.74, 6) is -1.74. The number of nitrogens with zero attached hydrogens (tertiary/aromatic N) is 1. The van der Waals surface area contributed by atoms with Gasteiger partial charge in [-0.15, -0.1) is 0 Å². The first kappa shape index (κ1) is 27.5. The van der Waals surface area contributed by atoms with Crippen molar-refractivity contribution in [2.24, 2.45) is 5.41 Å². The summed E-state index contributed by atoms with van der Waals surface area (Å²) < 4.78 is 5.32. The number of piperidine rings is 3. The van der Waals surface area contributed by atoms with Gasteiger partial charge < -0.3 is 30.7 Å². The molecule has 0 aliphatic carbocycles. The molecule has 204 valence electrons. The number of aromatic nitrogens is 1. The summed E-state index contributed by atoms with van der Waals surface area (Å²) in [6, 6.07) is 5.74. The van der Waals surface area contributed by atoms with Gasteiger partial charge in [0.25, 0.3) is 0 Å². The molecule has 2 aromatic rings. The first-order valence-corrected chi connectivity index (χ1v) is 13.3. The quantitative estimate of drug-likeness (QED) is 0.248. The Bertz CT molecular complexity index is 1180. The molecule has 1 aromatic carbocycles. The van der Waals surface area contributed by atoms with Crippen molar-refractivity contribution >= 4 is 40.7 Å². The normalized spacial score (nSPS) is 22.0. The monoisotopic (exact) mass is 523 g/mol. The second kappa shape index (κ2) is 11.9. The van der Waals surface area contributed by atoms with E-state index in [0.29, 0.717) is 6.21 Å². The van der Waals surface area contributed by atoms with Crippen LogP contribution in [0, 0.1) is 10.8 Å². The second-order valence-electron chi connectivity index (χ2n) is 10.7. The number of nitrogens with one attached hydrogen (secondary N) is 4. The molecule has 3 aliphatic heterocycles. The Kier molecular flexibility index (Phi) is 8.61. The minimum atomic E-state index is -1.08. The fraction of sp³-hybridized carbons (Fsp3) is 0.536. The number of para-hydroxylation sites is 1. The van der Waals surface area contributed by atoms with Crippen LogP contribution in [0.25, 0.3) is 10.9 Å². The molecule has 3 saturated heterocycles. The highest BCUT2D eigenvalue weighted by molar-refractivity contribution is 6.26. The Morgan fingerprint density at radius 3 is 2.42 bits per heavy atom. The van der Waals surface area contributed by atoms with Crippen LogP contribution in [0.4, 0.5) is 0 Å². The van der Waals surface area contributed by atoms with Crippen LogP contribution in [0.1, 0.15) is 51.5 Å². The van der Waals surface area contributed by atoms with Crippen LogP contribution in [0.15, 0.2) is 30.5 Å². The molecule has 0 saturated carbocycles. The lowest BCUT2D eigenvalue weighted by molar-refractivity contribution is -0.152. The zero-order chi connectivity index (χ0) is 27.3. The topological polar surface area (TPSA) is 144 Å². The molecule has 10 heteroatoms. The molecule has 38 heavy (non-hydrogen) atoms. The Hall–Kier alpha value is -3.53. The number of H-pyrrole nitrogens is 1. The highest BCUT2D eigenvalue weighted by atomic mass is 16.5. The largest absolute Gasteiger partial charge is 0.461 e. The SMILES string of the molecule is CC(C)OC(=O)[C@H](CCC(=O)C=N)NC(=O)[C@H](Cc1c[nH]c2ccccc12)NC(=O)C12CCN(CC1)CC2. The van der Waals surface area contributed by atoms with Crippen molar-refractivity contribution in [3.8, 4) is 0 Å². The second-order valence-corrected chi connectivity index (χ2v) is 10.7. The molecule has 2 bridgehead atoms. The van der Waals surface area contributed by atoms with Gasteiger partial charge in [0.1, 0.15) is 12.1 Å². The lowest BCUT2D eigenvalue weighted by Crippen LogP contribution is -2.59. The minimum Gasteiger partial charge on any atom is -0.461 e. The number of aromatic amines is 1. The Labute approximate surface area is 222 Å². The molecular formula is C28H37N5O5. The van der Waals surface area contributed by atoms with Crippen LogP contribution < -0.4 is 10.6 Å². The Morgan fingerprint density at radius 1 is 1.08 bits per heavy atom. The molecule has 1 aromatic heterocycles. The van der Waals surface area contributed by atoms with Crippen molar-refractivity contribution in [3.05, 3.63) is 36.0 Å². The van der Waals surface area contributed by atoms with Crippen LogP contribution in [0.5, 0.6) is 0 Å². The predicted octanol–water partition coefficient (Wildman–Crippen LogP) is 2.12. The van der Waals surface area contributed by atoms with Gasteiger partial charge >= 0.3 is 5.97 Å². The van der Waals surface area contributed by atoms with E-state index >= 15 is 0 Å². The lowest BCUT2D eigenvalue weighted by atomic mass is 9.71. The Balaban J connectivity index is 1.56. The molecule has 2 amide bonds. The van der Waals surface area contributed by atoms with E-state index in [1.165, 1.54) is 0 Å². The summed E-state index contributed by atoms with van der Waals surface area (Å²) in [6.07, 6.45) is 4.55. The van der Waals surface area contributed by atoms with Crippen molar-refractivity contribution in [1.29, 1.82) is 5.41 Å². The van der Waals surface area contributed by atoms with Gasteiger partial charge in [0, 0.05) is 29.9 Å². The molecule has 2 atom stereocenters. The number of esters is 1. The number of carbonyl (C=O) groups excluding carboxylic acids is 4. The van der Waals surface area contributed by atoms with E-state index in [2.05, 4.69) is 20.5 Å². The van der Waals surface area contributed by atoms with Gasteiger partial charge in [-0.25, -0.2) is 4.79 Å². The van der Waals surface area contributed by atoms with E-state index < -0.39 is 41.3 Å². The third-order valence-electron chi connectivity index (χ3n) is 7.72. The number of rotatable bonds is 12. The van der Waals surface area contributed by atoms with E-state index in [9.17, 15) is 19.2 Å². The number of hydrogen-bond acceptors (Lipinski definition) is 7. The summed E-state index contributed by atoms with van der Waals surface area (Å²) >= 11 is 0. The van der Waals surface area contributed by atoms with Gasteiger partial charge in [0.15, 0.2) is 5.78 Å². The first-order valence-electron chi connectivity index (χ1n) is 13.3. The molecule has 5 rings (SSSR count). The Morgan fingerprint density at radius 2 is 1.76 bits per heavy atom. The molecule has 4 heterocycles. The number of fused-ring (bicyclic) bond motifs is 4. The number of benzene rings is 1. The van der Waals surface area contributed by atoms with E-state index in [1.54, 1.807) is 13.8 Å². The van der Waals surface area contributed by atoms with E-state index in [0.717, 1.165) is 55.4 Å². The summed E-state index contributed by atoms with van der Waals surface area (Å²) in [5, 5.41) is 13.9. The minimum absolute atomic E-state index is 0.000962. The third kappa shape index (κ3) is 6.30. The van der Waals surface area contributed by atoms with Gasteiger partial charge in [-0.1, -0.05) is 18.2 Å². The molecule has 0 unspecified atom stereocenters. The van der Waals surface area contributed by atoms with Crippen LogP contribution >= 0.6 is 0 Å². The summed E-state index contributed by atoms with van der Waals surface area (Å²) in [6.45, 7) is 6.02. The first-order chi connectivity index (χ1) is 18.2. The number of hydrogen-bond donors (Lipinski definition) is 4. The number of carbonyl (C=O) groups is 4. The maximum Gasteiger partial charge on any atom is 0.328 e. The van der Waals surface area contributed by atoms with Crippen LogP contribution in [-0.4, -0.2) is 77.5 Å². The molecule has 4 N–H and O–H groups in total. The molecule has 3 fully saturated rings. The average Bonchev–Trinajstić information content (AvgIpc) is 3.33. The predicted molar refractivity (Wildman–Crippen MR) is 143 cm³/mol. The number of ketones is 1. The van der Waals surface area contributed by atoms with Gasteiger partial charge in [0.05, 0.1) is 17.7 Å². The molecule has 0 radical (unpaired) electrons. The maximum atomic E-state index is 13.7. The standard InChI is InChI=1S/C28H37N5O5/c1-18(2)38-26(36)23(8-7-20(34)16-29)31-25(35)24(15-19-17-30-22-6-4-3-5-21(19)22)32-27(37)28-9-12-33(13-10-28)14-11-28/h3-6,16-18,23-24,29-30H,7-15H2,1-2H3,(H,31,35)(H,32,37)/t23-,24-/m0/s1. The van der Waals surface area contributed by atoms with Crippen molar-refractivity contribution in [3.63, 3.8) is 0 Å².